The van der Waals surface area contributed by atoms with Crippen LogP contribution in [0.5, 0.6) is 5.75 Å². The summed E-state index contributed by atoms with van der Waals surface area (Å²) in [6, 6.07) is 11.4. The number of nitrogens with zero attached hydrogens (tertiary/aromatic N) is 6. The van der Waals surface area contributed by atoms with Gasteiger partial charge in [-0.15, -0.1) is 0 Å². The molecule has 3 aliphatic rings. The van der Waals surface area contributed by atoms with Gasteiger partial charge in [-0.1, -0.05) is 32.6 Å². The molecule has 0 saturated carbocycles. The highest BCUT2D eigenvalue weighted by atomic mass is 16.5. The number of methoxy groups -OCH3 is 1. The summed E-state index contributed by atoms with van der Waals surface area (Å²) in [6.07, 6.45) is 2.88. The zero-order chi connectivity index (χ0) is 49.2. The first-order valence-corrected chi connectivity index (χ1v) is 23.4. The second kappa shape index (κ2) is 20.5. The molecule has 0 spiro atoms. The minimum absolute atomic E-state index is 0.0286. The van der Waals surface area contributed by atoms with E-state index >= 15 is 0 Å². The molecule has 17 nitrogen and oxygen atoms in total. The van der Waals surface area contributed by atoms with Gasteiger partial charge in [0.05, 0.1) is 30.1 Å². The van der Waals surface area contributed by atoms with Crippen molar-refractivity contribution in [3.8, 4) is 28.1 Å². The highest BCUT2D eigenvalue weighted by Crippen LogP contribution is 2.42. The molecule has 7 rings (SSSR count). The lowest BCUT2D eigenvalue weighted by Gasteiger charge is -2.36. The summed E-state index contributed by atoms with van der Waals surface area (Å²) in [7, 11) is 6.43. The first kappa shape index (κ1) is 49.6. The van der Waals surface area contributed by atoms with Crippen LogP contribution >= 0.6 is 0 Å². The molecule has 364 valence electrons. The number of hydrazine groups is 1. The normalized spacial score (nSPS) is 20.1. The third kappa shape index (κ3) is 10.7. The number of rotatable bonds is 12. The van der Waals surface area contributed by atoms with Crippen LogP contribution in [0, 0.1) is 5.41 Å². The molecule has 17 heteroatoms. The van der Waals surface area contributed by atoms with Crippen molar-refractivity contribution in [2.24, 2.45) is 5.41 Å². The van der Waals surface area contributed by atoms with E-state index < -0.39 is 47.4 Å². The molecule has 2 fully saturated rings. The Kier molecular flexibility index (Phi) is 15.0. The molecule has 0 radical (unpaired) electrons. The molecule has 2 aromatic carbocycles. The summed E-state index contributed by atoms with van der Waals surface area (Å²) in [5, 5.41) is 19.6. The molecule has 0 aliphatic carbocycles. The third-order valence-electron chi connectivity index (χ3n) is 13.3. The van der Waals surface area contributed by atoms with Gasteiger partial charge < -0.3 is 44.5 Å². The highest BCUT2D eigenvalue weighted by Gasteiger charge is 2.38. The molecule has 0 unspecified atom stereocenters. The van der Waals surface area contributed by atoms with Crippen LogP contribution in [0.4, 0.5) is 4.79 Å². The zero-order valence-corrected chi connectivity index (χ0v) is 40.8. The lowest BCUT2D eigenvalue weighted by atomic mass is 9.84. The van der Waals surface area contributed by atoms with E-state index in [1.54, 1.807) is 51.4 Å². The van der Waals surface area contributed by atoms with E-state index in [1.165, 1.54) is 21.9 Å². The van der Waals surface area contributed by atoms with Crippen LogP contribution < -0.4 is 16.1 Å². The van der Waals surface area contributed by atoms with Crippen LogP contribution in [0.2, 0.25) is 0 Å². The number of likely N-dealkylation sites (N-methyl/N-ethyl adjacent to an activating group) is 3. The number of phenolic OH excluding ortho intramolecular Hbond substituents is 1. The van der Waals surface area contributed by atoms with Crippen LogP contribution in [0.15, 0.2) is 66.9 Å². The van der Waals surface area contributed by atoms with Crippen molar-refractivity contribution < 1.29 is 38.6 Å². The Bertz CT molecular complexity index is 2590. The molecule has 68 heavy (non-hydrogen) atoms. The number of esters is 1. The summed E-state index contributed by atoms with van der Waals surface area (Å²) in [4.78, 5) is 78.5. The van der Waals surface area contributed by atoms with Crippen LogP contribution in [-0.2, 0) is 48.0 Å². The number of benzene rings is 2. The number of carbonyl (C=O) groups excluding carboxylic acids is 5. The maximum absolute atomic E-state index is 14.7. The van der Waals surface area contributed by atoms with Crippen molar-refractivity contribution in [1.82, 2.24) is 45.3 Å². The first-order valence-electron chi connectivity index (χ1n) is 23.4. The molecule has 6 bridgehead atoms. The van der Waals surface area contributed by atoms with E-state index in [0.717, 1.165) is 39.0 Å². The summed E-state index contributed by atoms with van der Waals surface area (Å²) in [5.74, 6) is -1.73. The average Bonchev–Trinajstić information content (AvgIpc) is 4.13. The maximum atomic E-state index is 14.7. The van der Waals surface area contributed by atoms with E-state index in [2.05, 4.69) is 66.2 Å². The Morgan fingerprint density at radius 3 is 2.50 bits per heavy atom. The number of ether oxygens (including phenoxy) is 2. The number of amides is 5. The van der Waals surface area contributed by atoms with E-state index in [9.17, 15) is 29.1 Å². The topological polar surface area (TPSA) is 201 Å². The van der Waals surface area contributed by atoms with Crippen LogP contribution in [0.3, 0.4) is 0 Å². The van der Waals surface area contributed by atoms with Crippen molar-refractivity contribution in [3.05, 3.63) is 83.7 Å². The highest BCUT2D eigenvalue weighted by molar-refractivity contribution is 5.96. The summed E-state index contributed by atoms with van der Waals surface area (Å²) in [5.41, 5.74) is 9.77. The summed E-state index contributed by atoms with van der Waals surface area (Å²) >= 11 is 0. The zero-order valence-electron chi connectivity index (χ0n) is 40.8. The molecule has 5 heterocycles. The number of hydrogen-bond donors (Lipinski definition) is 4. The molecule has 4 N–H and O–H groups in total. The van der Waals surface area contributed by atoms with Crippen molar-refractivity contribution in [3.63, 3.8) is 0 Å². The quantitative estimate of drug-likeness (QED) is 0.0864. The Morgan fingerprint density at radius 1 is 1.07 bits per heavy atom. The van der Waals surface area contributed by atoms with Gasteiger partial charge in [-0.25, -0.2) is 10.2 Å². The minimum atomic E-state index is -1.21. The number of aryl methyl sites for hydroxylation is 1. The second-order valence-electron chi connectivity index (χ2n) is 19.3. The Morgan fingerprint density at radius 2 is 1.81 bits per heavy atom. The average molecular weight is 934 g/mol. The molecule has 5 amide bonds. The molecular weight excluding hydrogens is 867 g/mol. The predicted molar refractivity (Wildman–Crippen MR) is 259 cm³/mol. The van der Waals surface area contributed by atoms with Crippen LogP contribution in [-0.4, -0.2) is 149 Å². The van der Waals surface area contributed by atoms with Gasteiger partial charge in [0.2, 0.25) is 11.8 Å². The van der Waals surface area contributed by atoms with Crippen LogP contribution in [0.25, 0.3) is 33.3 Å². The molecule has 2 saturated heterocycles. The molecule has 2 aromatic heterocycles. The largest absolute Gasteiger partial charge is 0.508 e. The van der Waals surface area contributed by atoms with Gasteiger partial charge in [-0.2, -0.15) is 0 Å². The van der Waals surface area contributed by atoms with E-state index in [-0.39, 0.29) is 56.5 Å². The molecule has 4 aromatic rings. The summed E-state index contributed by atoms with van der Waals surface area (Å²) in [6.45, 7) is 16.0. The van der Waals surface area contributed by atoms with Crippen molar-refractivity contribution >= 4 is 40.6 Å². The van der Waals surface area contributed by atoms with Gasteiger partial charge >= 0.3 is 12.0 Å². The number of phenols is 1. The van der Waals surface area contributed by atoms with Gasteiger partial charge in [-0.3, -0.25) is 29.2 Å². The number of urea groups is 1. The lowest BCUT2D eigenvalue weighted by molar-refractivity contribution is -0.155. The number of carbonyl (C=O) groups is 5. The number of pyridine rings is 1. The van der Waals surface area contributed by atoms with Gasteiger partial charge in [0, 0.05) is 95.5 Å². The number of aromatic nitrogens is 2. The number of cyclic esters (lactones) is 1. The van der Waals surface area contributed by atoms with Crippen LogP contribution in [0.1, 0.15) is 70.4 Å². The van der Waals surface area contributed by atoms with Crippen molar-refractivity contribution in [2.45, 2.75) is 97.1 Å². The maximum Gasteiger partial charge on any atom is 0.324 e. The van der Waals surface area contributed by atoms with E-state index in [1.807, 2.05) is 25.1 Å². The van der Waals surface area contributed by atoms with Crippen molar-refractivity contribution in [1.29, 1.82) is 0 Å². The first-order chi connectivity index (χ1) is 32.3. The Labute approximate surface area is 398 Å². The van der Waals surface area contributed by atoms with E-state index in [4.69, 9.17) is 14.5 Å². The number of hydrogen-bond acceptors (Lipinski definition) is 11. The number of aromatic hydroxyl groups is 1. The minimum Gasteiger partial charge on any atom is -0.508 e. The fourth-order valence-electron chi connectivity index (χ4n) is 9.43. The van der Waals surface area contributed by atoms with Gasteiger partial charge in [-0.05, 0) is 104 Å². The molecular formula is C51H67N9O8. The number of nitrogens with one attached hydrogen (secondary N) is 3. The summed E-state index contributed by atoms with van der Waals surface area (Å²) < 4.78 is 14.2. The fourth-order valence-corrected chi connectivity index (χ4v) is 9.43. The fraction of sp³-hybridized carbons (Fsp3) is 0.490. The van der Waals surface area contributed by atoms with Crippen molar-refractivity contribution in [2.75, 3.05) is 61.0 Å². The van der Waals surface area contributed by atoms with Gasteiger partial charge in [0.1, 0.15) is 23.9 Å². The smallest absolute Gasteiger partial charge is 0.324 e. The third-order valence-corrected chi connectivity index (χ3v) is 13.3. The number of fused-ring (bicyclic) bond motifs is 6. The predicted octanol–water partition coefficient (Wildman–Crippen LogP) is 4.81. The van der Waals surface area contributed by atoms with Gasteiger partial charge in [0.25, 0.3) is 5.91 Å². The second-order valence-corrected chi connectivity index (χ2v) is 19.3. The molecule has 5 atom stereocenters. The lowest BCUT2D eigenvalue weighted by Crippen LogP contribution is -2.62. The Hall–Kier alpha value is -6.30. The Balaban J connectivity index is 1.27. The van der Waals surface area contributed by atoms with Gasteiger partial charge in [0.15, 0.2) is 0 Å². The standard InChI is InChI=1S/C51H67N9O8/c1-11-59-42-17-16-33-26-37(42)38(45(59)36-14-12-18-52-43(36)31(4)67-10)27-51(5,6)29-68-49(65)39-15-13-19-60(55-39)48(64)40(24-32-22-34(33)25-35(61)23-32)54-46(62)44(30(2)3)58(9)50(66)57(8)21-20-56(7)47(63)41-28-53-41/h12,14,16-18,22-23,25-26,31,39-41,44,53,55,61H,2,11,13,15,19-21,24,27-29H2,1,3-10H3,(H,54,62)/t31-,39-,40-,41+,44-/m0/s1. The van der Waals surface area contributed by atoms with E-state index in [0.29, 0.717) is 49.1 Å². The molecule has 3 aliphatic heterocycles. The monoisotopic (exact) mass is 934 g/mol. The SMILES string of the molecule is C=C(C)[C@@H](C(=O)N[C@H]1Cc2cc(O)cc(c2)-c2ccc3c(c2)c(c(-c2cccnc2[C@H](C)OC)n3CC)CC(C)(C)COC(=O)[C@@H]2CCCN(N2)C1=O)N(C)C(=O)N(C)CCN(C)C(=O)[C@H]1CN1.